The highest BCUT2D eigenvalue weighted by Gasteiger charge is 2.08. The van der Waals surface area contributed by atoms with Gasteiger partial charge in [0.2, 0.25) is 0 Å². The Bertz CT molecular complexity index is 562. The molecule has 3 heteroatoms. The molecule has 3 nitrogen and oxygen atoms in total. The smallest absolute Gasteiger partial charge is 0.338 e. The fraction of sp³-hybridized carbons (Fsp3) is 0.759. The lowest BCUT2D eigenvalue weighted by molar-refractivity contribution is 0.0459. The molecule has 0 N–H and O–H groups in total. The minimum absolute atomic E-state index is 0.262. The molecule has 0 heterocycles. The first kappa shape index (κ1) is 28.5. The minimum atomic E-state index is -0.262. The van der Waals surface area contributed by atoms with E-state index in [0.717, 1.165) is 24.7 Å². The molecular formula is C29H50O3. The number of esters is 1. The van der Waals surface area contributed by atoms with Crippen molar-refractivity contribution in [1.82, 2.24) is 0 Å². The van der Waals surface area contributed by atoms with Crippen molar-refractivity contribution in [2.45, 2.75) is 118 Å². The third-order valence-corrected chi connectivity index (χ3v) is 5.83. The van der Waals surface area contributed by atoms with E-state index >= 15 is 0 Å². The monoisotopic (exact) mass is 446 g/mol. The molecule has 0 saturated carbocycles. The van der Waals surface area contributed by atoms with Gasteiger partial charge in [-0.1, -0.05) is 111 Å². The molecule has 0 aliphatic heterocycles. The Balaban J connectivity index is 1.89. The SMILES string of the molecule is CC(C)CCCCCCCCCCCCCCCOc1ccc(C(=O)OCC(C)C)cc1. The molecule has 0 atom stereocenters. The van der Waals surface area contributed by atoms with Crippen LogP contribution in [0.25, 0.3) is 0 Å². The summed E-state index contributed by atoms with van der Waals surface area (Å²) in [4.78, 5) is 11.9. The number of ether oxygens (including phenoxy) is 2. The largest absolute Gasteiger partial charge is 0.494 e. The van der Waals surface area contributed by atoms with Crippen LogP contribution in [0, 0.1) is 11.8 Å². The van der Waals surface area contributed by atoms with Gasteiger partial charge in [-0.25, -0.2) is 4.79 Å². The van der Waals surface area contributed by atoms with Gasteiger partial charge in [0.25, 0.3) is 0 Å². The van der Waals surface area contributed by atoms with Crippen LogP contribution in [0.3, 0.4) is 0 Å². The second kappa shape index (κ2) is 19.0. The summed E-state index contributed by atoms with van der Waals surface area (Å²) in [6.07, 6.45) is 19.1. The lowest BCUT2D eigenvalue weighted by Crippen LogP contribution is -2.10. The van der Waals surface area contributed by atoms with Crippen LogP contribution in [0.5, 0.6) is 5.75 Å². The van der Waals surface area contributed by atoms with E-state index in [-0.39, 0.29) is 5.97 Å². The van der Waals surface area contributed by atoms with Gasteiger partial charge >= 0.3 is 5.97 Å². The Kier molecular flexibility index (Phi) is 16.9. The van der Waals surface area contributed by atoms with Crippen molar-refractivity contribution >= 4 is 5.97 Å². The molecule has 1 aromatic rings. The van der Waals surface area contributed by atoms with Crippen LogP contribution in [-0.2, 0) is 4.74 Å². The van der Waals surface area contributed by atoms with Crippen LogP contribution in [-0.4, -0.2) is 19.2 Å². The number of hydrogen-bond donors (Lipinski definition) is 0. The second-order valence-corrected chi connectivity index (χ2v) is 10.1. The van der Waals surface area contributed by atoms with Gasteiger partial charge in [-0.3, -0.25) is 0 Å². The van der Waals surface area contributed by atoms with Crippen molar-refractivity contribution in [3.63, 3.8) is 0 Å². The lowest BCUT2D eigenvalue weighted by atomic mass is 10.0. The molecule has 0 aromatic heterocycles. The van der Waals surface area contributed by atoms with E-state index < -0.39 is 0 Å². The summed E-state index contributed by atoms with van der Waals surface area (Å²) in [6, 6.07) is 7.28. The average molecular weight is 447 g/mol. The first-order chi connectivity index (χ1) is 15.5. The predicted octanol–water partition coefficient (Wildman–Crippen LogP) is 9.00. The van der Waals surface area contributed by atoms with Gasteiger partial charge in [0, 0.05) is 0 Å². The number of carbonyl (C=O) groups is 1. The Hall–Kier alpha value is -1.51. The molecule has 1 aromatic carbocycles. The second-order valence-electron chi connectivity index (χ2n) is 10.1. The zero-order valence-electron chi connectivity index (χ0n) is 21.5. The van der Waals surface area contributed by atoms with Gasteiger partial charge < -0.3 is 9.47 Å². The first-order valence-corrected chi connectivity index (χ1v) is 13.4. The lowest BCUT2D eigenvalue weighted by Gasteiger charge is -2.09. The Morgan fingerprint density at radius 3 is 1.59 bits per heavy atom. The average Bonchev–Trinajstić information content (AvgIpc) is 2.77. The summed E-state index contributed by atoms with van der Waals surface area (Å²) in [7, 11) is 0. The van der Waals surface area contributed by atoms with E-state index in [4.69, 9.17) is 9.47 Å². The van der Waals surface area contributed by atoms with Crippen LogP contribution in [0.2, 0.25) is 0 Å². The molecule has 0 fully saturated rings. The van der Waals surface area contributed by atoms with Gasteiger partial charge in [-0.2, -0.15) is 0 Å². The Morgan fingerprint density at radius 2 is 1.12 bits per heavy atom. The number of hydrogen-bond acceptors (Lipinski definition) is 3. The molecule has 32 heavy (non-hydrogen) atoms. The summed E-state index contributed by atoms with van der Waals surface area (Å²) in [5, 5.41) is 0. The topological polar surface area (TPSA) is 35.5 Å². The van der Waals surface area contributed by atoms with Crippen molar-refractivity contribution in [2.24, 2.45) is 11.8 Å². The standard InChI is InChI=1S/C29H50O3/c1-25(2)18-16-14-12-10-8-6-5-7-9-11-13-15-17-23-31-28-21-19-27(20-22-28)29(30)32-24-26(3)4/h19-22,25-26H,5-18,23-24H2,1-4H3. The van der Waals surface area contributed by atoms with Crippen molar-refractivity contribution in [1.29, 1.82) is 0 Å². The Labute approximate surface area is 198 Å². The van der Waals surface area contributed by atoms with Crippen LogP contribution < -0.4 is 4.74 Å². The summed E-state index contributed by atoms with van der Waals surface area (Å²) < 4.78 is 11.1. The molecule has 1 rings (SSSR count). The van der Waals surface area contributed by atoms with Crippen LogP contribution >= 0.6 is 0 Å². The summed E-state index contributed by atoms with van der Waals surface area (Å²) in [6.45, 7) is 9.91. The highest BCUT2D eigenvalue weighted by molar-refractivity contribution is 5.89. The fourth-order valence-corrected chi connectivity index (χ4v) is 3.80. The highest BCUT2D eigenvalue weighted by atomic mass is 16.5. The zero-order valence-corrected chi connectivity index (χ0v) is 21.5. The summed E-state index contributed by atoms with van der Waals surface area (Å²) >= 11 is 0. The molecule has 0 aliphatic rings. The van der Waals surface area contributed by atoms with Gasteiger partial charge in [0.15, 0.2) is 0 Å². The molecule has 0 amide bonds. The number of rotatable bonds is 20. The van der Waals surface area contributed by atoms with Gasteiger partial charge in [-0.05, 0) is 42.5 Å². The van der Waals surface area contributed by atoms with E-state index in [9.17, 15) is 4.79 Å². The maximum absolute atomic E-state index is 11.9. The summed E-state index contributed by atoms with van der Waals surface area (Å²) in [5.74, 6) is 1.78. The van der Waals surface area contributed by atoms with Gasteiger partial charge in [0.05, 0.1) is 18.8 Å². The van der Waals surface area contributed by atoms with Crippen molar-refractivity contribution < 1.29 is 14.3 Å². The third kappa shape index (κ3) is 16.2. The van der Waals surface area contributed by atoms with Crippen molar-refractivity contribution in [2.75, 3.05) is 13.2 Å². The number of benzene rings is 1. The molecule has 0 bridgehead atoms. The maximum atomic E-state index is 11.9. The third-order valence-electron chi connectivity index (χ3n) is 5.83. The van der Waals surface area contributed by atoms with E-state index in [1.807, 2.05) is 26.0 Å². The predicted molar refractivity (Wildman–Crippen MR) is 137 cm³/mol. The molecular weight excluding hydrogens is 396 g/mol. The van der Waals surface area contributed by atoms with Gasteiger partial charge in [-0.15, -0.1) is 0 Å². The van der Waals surface area contributed by atoms with Crippen LogP contribution in [0.15, 0.2) is 24.3 Å². The quantitative estimate of drug-likeness (QED) is 0.148. The van der Waals surface area contributed by atoms with Crippen LogP contribution in [0.1, 0.15) is 128 Å². The summed E-state index contributed by atoms with van der Waals surface area (Å²) in [5.41, 5.74) is 0.583. The molecule has 0 aliphatic carbocycles. The molecule has 0 unspecified atom stereocenters. The maximum Gasteiger partial charge on any atom is 0.338 e. The molecule has 184 valence electrons. The normalized spacial score (nSPS) is 11.3. The number of unbranched alkanes of at least 4 members (excludes halogenated alkanes) is 12. The van der Waals surface area contributed by atoms with Crippen LogP contribution in [0.4, 0.5) is 0 Å². The van der Waals surface area contributed by atoms with E-state index in [1.54, 1.807) is 12.1 Å². The molecule has 0 radical (unpaired) electrons. The number of carbonyl (C=O) groups excluding carboxylic acids is 1. The minimum Gasteiger partial charge on any atom is -0.494 e. The van der Waals surface area contributed by atoms with E-state index in [0.29, 0.717) is 18.1 Å². The van der Waals surface area contributed by atoms with E-state index in [2.05, 4.69) is 13.8 Å². The van der Waals surface area contributed by atoms with Crippen molar-refractivity contribution in [3.05, 3.63) is 29.8 Å². The fourth-order valence-electron chi connectivity index (χ4n) is 3.80. The Morgan fingerprint density at radius 1 is 0.656 bits per heavy atom. The zero-order chi connectivity index (χ0) is 23.4. The van der Waals surface area contributed by atoms with Crippen molar-refractivity contribution in [3.8, 4) is 5.75 Å². The molecule has 0 spiro atoms. The highest BCUT2D eigenvalue weighted by Crippen LogP contribution is 2.16. The first-order valence-electron chi connectivity index (χ1n) is 13.4. The van der Waals surface area contributed by atoms with E-state index in [1.165, 1.54) is 83.5 Å². The van der Waals surface area contributed by atoms with Gasteiger partial charge in [0.1, 0.15) is 5.75 Å². The molecule has 0 saturated heterocycles.